The molecule has 0 N–H and O–H groups in total. The molecule has 0 saturated carbocycles. The van der Waals surface area contributed by atoms with Crippen molar-refractivity contribution >= 4 is 33.3 Å². The van der Waals surface area contributed by atoms with Crippen LogP contribution in [0.25, 0.3) is 11.1 Å². The Morgan fingerprint density at radius 3 is 3.00 bits per heavy atom. The Morgan fingerprint density at radius 2 is 2.31 bits per heavy atom. The molecule has 0 radical (unpaired) electrons. The number of carbonyl (C=O) groups excluding carboxylic acids is 1. The summed E-state index contributed by atoms with van der Waals surface area (Å²) in [7, 11) is 0. The third-order valence-electron chi connectivity index (χ3n) is 1.74. The Hall–Kier alpha value is -1.16. The summed E-state index contributed by atoms with van der Waals surface area (Å²) in [5.41, 5.74) is 1.98. The predicted molar refractivity (Wildman–Crippen MR) is 51.8 cm³/mol. The molecule has 0 aliphatic carbocycles. The van der Waals surface area contributed by atoms with E-state index < -0.39 is 0 Å². The van der Waals surface area contributed by atoms with Crippen LogP contribution in [0.3, 0.4) is 0 Å². The van der Waals surface area contributed by atoms with Crippen molar-refractivity contribution < 1.29 is 9.21 Å². The van der Waals surface area contributed by atoms with Crippen LogP contribution in [0.4, 0.5) is 0 Å². The van der Waals surface area contributed by atoms with Gasteiger partial charge in [-0.05, 0) is 28.1 Å². The minimum atomic E-state index is 0.584. The van der Waals surface area contributed by atoms with Gasteiger partial charge in [-0.25, -0.2) is 4.98 Å². The molecule has 0 unspecified atom stereocenters. The number of carbonyl (C=O) groups is 1. The molecule has 0 aliphatic heterocycles. The second kappa shape index (κ2) is 2.96. The molecular weight excluding hydrogens is 234 g/mol. The number of hydrogen-bond donors (Lipinski definition) is 0. The van der Waals surface area contributed by atoms with E-state index in [1.165, 1.54) is 0 Å². The molecule has 1 heterocycles. The highest BCUT2D eigenvalue weighted by Crippen LogP contribution is 2.23. The molecule has 0 saturated heterocycles. The molecule has 4 heteroatoms. The number of halogens is 1. The zero-order valence-corrected chi connectivity index (χ0v) is 8.46. The number of aryl methyl sites for hydroxylation is 1. The predicted octanol–water partition coefficient (Wildman–Crippen LogP) is 2.71. The van der Waals surface area contributed by atoms with Gasteiger partial charge in [0.1, 0.15) is 5.52 Å². The van der Waals surface area contributed by atoms with Crippen molar-refractivity contribution in [2.75, 3.05) is 0 Å². The van der Waals surface area contributed by atoms with E-state index in [0.29, 0.717) is 22.6 Å². The average Bonchev–Trinajstić information content (AvgIpc) is 2.42. The molecule has 0 fully saturated rings. The van der Waals surface area contributed by atoms with Gasteiger partial charge in [0.25, 0.3) is 0 Å². The molecular formula is C9H6BrNO2. The molecule has 2 aromatic rings. The number of rotatable bonds is 1. The lowest BCUT2D eigenvalue weighted by Crippen LogP contribution is -1.81. The van der Waals surface area contributed by atoms with Crippen LogP contribution in [-0.4, -0.2) is 11.3 Å². The smallest absolute Gasteiger partial charge is 0.192 e. The quantitative estimate of drug-likeness (QED) is 0.719. The van der Waals surface area contributed by atoms with Crippen molar-refractivity contribution in [3.05, 3.63) is 28.1 Å². The van der Waals surface area contributed by atoms with Gasteiger partial charge in [-0.3, -0.25) is 4.79 Å². The number of fused-ring (bicyclic) bond motifs is 1. The molecule has 0 atom stereocenters. The lowest BCUT2D eigenvalue weighted by Gasteiger charge is -1.93. The molecule has 0 spiro atoms. The fourth-order valence-corrected chi connectivity index (χ4v) is 1.59. The normalized spacial score (nSPS) is 10.6. The van der Waals surface area contributed by atoms with Crippen molar-refractivity contribution in [1.82, 2.24) is 4.98 Å². The lowest BCUT2D eigenvalue weighted by atomic mass is 10.2. The van der Waals surface area contributed by atoms with E-state index in [0.717, 1.165) is 10.8 Å². The van der Waals surface area contributed by atoms with E-state index in [1.807, 2.05) is 0 Å². The second-order valence-electron chi connectivity index (χ2n) is 2.69. The van der Waals surface area contributed by atoms with Gasteiger partial charge in [-0.1, -0.05) is 0 Å². The minimum absolute atomic E-state index is 0.584. The fraction of sp³-hybridized carbons (Fsp3) is 0.111. The average molecular weight is 240 g/mol. The van der Waals surface area contributed by atoms with Crippen LogP contribution < -0.4 is 0 Å². The van der Waals surface area contributed by atoms with E-state index in [4.69, 9.17) is 4.42 Å². The van der Waals surface area contributed by atoms with Gasteiger partial charge >= 0.3 is 0 Å². The van der Waals surface area contributed by atoms with Gasteiger partial charge in [0.05, 0.1) is 0 Å². The van der Waals surface area contributed by atoms with E-state index in [-0.39, 0.29) is 0 Å². The summed E-state index contributed by atoms with van der Waals surface area (Å²) in [6.45, 7) is 1.77. The summed E-state index contributed by atoms with van der Waals surface area (Å²) in [5, 5.41) is 0. The second-order valence-corrected chi connectivity index (χ2v) is 3.55. The first kappa shape index (κ1) is 8.44. The van der Waals surface area contributed by atoms with Gasteiger partial charge in [-0.15, -0.1) is 0 Å². The van der Waals surface area contributed by atoms with Crippen molar-refractivity contribution in [3.63, 3.8) is 0 Å². The maximum Gasteiger partial charge on any atom is 0.192 e. The Balaban J connectivity index is 2.79. The van der Waals surface area contributed by atoms with Crippen molar-refractivity contribution in [3.8, 4) is 0 Å². The van der Waals surface area contributed by atoms with Crippen molar-refractivity contribution in [1.29, 1.82) is 0 Å². The van der Waals surface area contributed by atoms with Crippen LogP contribution in [0, 0.1) is 6.92 Å². The van der Waals surface area contributed by atoms with Gasteiger partial charge in [-0.2, -0.15) is 0 Å². The van der Waals surface area contributed by atoms with Crippen LogP contribution in [0.1, 0.15) is 16.2 Å². The third kappa shape index (κ3) is 1.37. The largest absolute Gasteiger partial charge is 0.441 e. The van der Waals surface area contributed by atoms with Crippen molar-refractivity contribution in [2.45, 2.75) is 6.92 Å². The Labute approximate surface area is 82.9 Å². The maximum absolute atomic E-state index is 10.6. The Morgan fingerprint density at radius 1 is 1.54 bits per heavy atom. The number of benzene rings is 1. The van der Waals surface area contributed by atoms with Crippen LogP contribution in [-0.2, 0) is 0 Å². The van der Waals surface area contributed by atoms with Gasteiger partial charge in [0.15, 0.2) is 17.8 Å². The topological polar surface area (TPSA) is 43.1 Å². The number of aromatic nitrogens is 1. The molecule has 0 aliphatic rings. The number of oxazole rings is 1. The van der Waals surface area contributed by atoms with E-state index in [9.17, 15) is 4.79 Å². The number of aldehydes is 1. The molecule has 0 bridgehead atoms. The summed E-state index contributed by atoms with van der Waals surface area (Å²) in [5.74, 6) is 0.602. The van der Waals surface area contributed by atoms with E-state index in [1.54, 1.807) is 19.1 Å². The lowest BCUT2D eigenvalue weighted by molar-refractivity contribution is 0.112. The van der Waals surface area contributed by atoms with Crippen molar-refractivity contribution in [2.24, 2.45) is 0 Å². The Bertz CT molecular complexity index is 476. The summed E-state index contributed by atoms with van der Waals surface area (Å²) < 4.78 is 6.02. The van der Waals surface area contributed by atoms with Gasteiger partial charge in [0, 0.05) is 17.0 Å². The summed E-state index contributed by atoms with van der Waals surface area (Å²) >= 11 is 3.27. The number of hydrogen-bond acceptors (Lipinski definition) is 3. The van der Waals surface area contributed by atoms with E-state index in [2.05, 4.69) is 20.9 Å². The highest BCUT2D eigenvalue weighted by atomic mass is 79.9. The number of nitrogens with zero attached hydrogens (tertiary/aromatic N) is 1. The third-order valence-corrected chi connectivity index (χ3v) is 2.43. The molecule has 13 heavy (non-hydrogen) atoms. The monoisotopic (exact) mass is 239 g/mol. The summed E-state index contributed by atoms with van der Waals surface area (Å²) in [6, 6.07) is 3.45. The zero-order chi connectivity index (χ0) is 9.42. The molecule has 3 nitrogen and oxygen atoms in total. The Kier molecular flexibility index (Phi) is 1.92. The zero-order valence-electron chi connectivity index (χ0n) is 6.87. The molecule has 66 valence electrons. The highest BCUT2D eigenvalue weighted by Gasteiger charge is 2.06. The summed E-state index contributed by atoms with van der Waals surface area (Å²) in [6.07, 6.45) is 0.785. The van der Waals surface area contributed by atoms with Gasteiger partial charge < -0.3 is 4.42 Å². The van der Waals surface area contributed by atoms with Crippen LogP contribution >= 0.6 is 15.9 Å². The molecule has 0 amide bonds. The standard InChI is InChI=1S/C9H6BrNO2/c1-5-11-8-2-6(4-12)7(10)3-9(8)13-5/h2-4H,1H3. The first-order valence-electron chi connectivity index (χ1n) is 3.72. The SMILES string of the molecule is Cc1nc2cc(C=O)c(Br)cc2o1. The molecule has 1 aromatic carbocycles. The van der Waals surface area contributed by atoms with Crippen LogP contribution in [0.15, 0.2) is 21.0 Å². The minimum Gasteiger partial charge on any atom is -0.441 e. The maximum atomic E-state index is 10.6. The van der Waals surface area contributed by atoms with Crippen LogP contribution in [0.2, 0.25) is 0 Å². The fourth-order valence-electron chi connectivity index (χ4n) is 1.17. The van der Waals surface area contributed by atoms with Crippen LogP contribution in [0.5, 0.6) is 0 Å². The highest BCUT2D eigenvalue weighted by molar-refractivity contribution is 9.10. The first-order valence-corrected chi connectivity index (χ1v) is 4.52. The molecule has 1 aromatic heterocycles. The molecule has 2 rings (SSSR count). The van der Waals surface area contributed by atoms with Gasteiger partial charge in [0.2, 0.25) is 0 Å². The summed E-state index contributed by atoms with van der Waals surface area (Å²) in [4.78, 5) is 14.7. The first-order chi connectivity index (χ1) is 6.20. The van der Waals surface area contributed by atoms with E-state index >= 15 is 0 Å².